The maximum atomic E-state index is 11.5. The minimum absolute atomic E-state index is 0.0283. The molecule has 1 N–H and O–H groups in total. The zero-order valence-corrected chi connectivity index (χ0v) is 12.0. The second-order valence-corrected chi connectivity index (χ2v) is 4.80. The zero-order chi connectivity index (χ0) is 14.3. The third-order valence-electron chi connectivity index (χ3n) is 3.33. The molecule has 0 aromatic heterocycles. The first-order valence-corrected chi connectivity index (χ1v) is 6.81. The summed E-state index contributed by atoms with van der Waals surface area (Å²) in [6.07, 6.45) is 0.770. The van der Waals surface area contributed by atoms with Gasteiger partial charge < -0.3 is 19.7 Å². The van der Waals surface area contributed by atoms with E-state index in [0.29, 0.717) is 13.0 Å². The highest BCUT2D eigenvalue weighted by atomic mass is 16.5. The Bertz CT molecular complexity index is 309. The van der Waals surface area contributed by atoms with E-state index in [1.54, 1.807) is 6.92 Å². The largest absolute Gasteiger partial charge is 0.466 e. The molecule has 2 atom stereocenters. The quantitative estimate of drug-likeness (QED) is 0.756. The lowest BCUT2D eigenvalue weighted by atomic mass is 9.91. The van der Waals surface area contributed by atoms with Crippen LogP contribution in [0.25, 0.3) is 0 Å². The van der Waals surface area contributed by atoms with Gasteiger partial charge in [0, 0.05) is 25.6 Å². The molecule has 0 bridgehead atoms. The number of likely N-dealkylation sites (tertiary alicyclic amines) is 1. The zero-order valence-electron chi connectivity index (χ0n) is 12.0. The van der Waals surface area contributed by atoms with Crippen molar-refractivity contribution in [2.45, 2.75) is 32.7 Å². The number of nitrogens with zero attached hydrogens (tertiary/aromatic N) is 1. The van der Waals surface area contributed by atoms with Crippen LogP contribution in [0.2, 0.25) is 0 Å². The molecule has 110 valence electrons. The first-order chi connectivity index (χ1) is 9.08. The average molecular weight is 272 g/mol. The van der Waals surface area contributed by atoms with Crippen molar-refractivity contribution in [3.05, 3.63) is 0 Å². The van der Waals surface area contributed by atoms with Gasteiger partial charge in [-0.05, 0) is 25.8 Å². The third-order valence-corrected chi connectivity index (χ3v) is 3.33. The summed E-state index contributed by atoms with van der Waals surface area (Å²) in [4.78, 5) is 25.0. The van der Waals surface area contributed by atoms with Crippen molar-refractivity contribution < 1.29 is 19.1 Å². The van der Waals surface area contributed by atoms with Gasteiger partial charge in [0.25, 0.3) is 0 Å². The summed E-state index contributed by atoms with van der Waals surface area (Å²) in [5, 5.41) is 2.81. The highest BCUT2D eigenvalue weighted by Crippen LogP contribution is 2.20. The maximum absolute atomic E-state index is 11.5. The van der Waals surface area contributed by atoms with Crippen LogP contribution in [0.15, 0.2) is 0 Å². The average Bonchev–Trinajstić information content (AvgIpc) is 2.38. The number of methoxy groups -OCH3 is 1. The lowest BCUT2D eigenvalue weighted by Crippen LogP contribution is -2.51. The number of ether oxygens (including phenoxy) is 2. The Hall–Kier alpha value is -1.30. The van der Waals surface area contributed by atoms with Crippen molar-refractivity contribution in [3.8, 4) is 0 Å². The van der Waals surface area contributed by atoms with E-state index in [-0.39, 0.29) is 17.9 Å². The number of amides is 1. The van der Waals surface area contributed by atoms with Crippen LogP contribution in [0, 0.1) is 5.92 Å². The summed E-state index contributed by atoms with van der Waals surface area (Å²) in [7, 11) is 1.35. The fourth-order valence-electron chi connectivity index (χ4n) is 2.49. The van der Waals surface area contributed by atoms with E-state index < -0.39 is 6.09 Å². The van der Waals surface area contributed by atoms with Gasteiger partial charge in [0.2, 0.25) is 0 Å². The molecule has 0 radical (unpaired) electrons. The Morgan fingerprint density at radius 3 is 2.63 bits per heavy atom. The van der Waals surface area contributed by atoms with Crippen molar-refractivity contribution in [2.24, 2.45) is 5.92 Å². The molecule has 6 heteroatoms. The van der Waals surface area contributed by atoms with Crippen LogP contribution < -0.4 is 5.32 Å². The molecule has 1 heterocycles. The number of carbonyl (C=O) groups is 2. The molecule has 0 aliphatic carbocycles. The van der Waals surface area contributed by atoms with Crippen molar-refractivity contribution >= 4 is 12.1 Å². The van der Waals surface area contributed by atoms with Crippen LogP contribution in [0.1, 0.15) is 26.7 Å². The Labute approximate surface area is 114 Å². The second-order valence-electron chi connectivity index (χ2n) is 4.80. The molecule has 1 amide bonds. The van der Waals surface area contributed by atoms with Crippen molar-refractivity contribution in [3.63, 3.8) is 0 Å². The van der Waals surface area contributed by atoms with Gasteiger partial charge in [0.05, 0.1) is 13.7 Å². The van der Waals surface area contributed by atoms with Gasteiger partial charge in [-0.25, -0.2) is 4.79 Å². The number of esters is 1. The molecule has 1 rings (SSSR count). The normalized spacial score (nSPS) is 23.7. The highest BCUT2D eigenvalue weighted by molar-refractivity contribution is 5.70. The van der Waals surface area contributed by atoms with E-state index in [9.17, 15) is 9.59 Å². The van der Waals surface area contributed by atoms with Crippen molar-refractivity contribution in [2.75, 3.05) is 33.4 Å². The van der Waals surface area contributed by atoms with Crippen LogP contribution in [-0.4, -0.2) is 56.4 Å². The first-order valence-electron chi connectivity index (χ1n) is 6.81. The molecule has 1 aliphatic heterocycles. The Kier molecular flexibility index (Phi) is 6.62. The molecule has 0 aromatic carbocycles. The molecule has 0 aromatic rings. The van der Waals surface area contributed by atoms with Crippen molar-refractivity contribution in [1.29, 1.82) is 0 Å². The fraction of sp³-hybridized carbons (Fsp3) is 0.846. The van der Waals surface area contributed by atoms with Gasteiger partial charge in [0.1, 0.15) is 0 Å². The SMILES string of the molecule is CCOC(=O)CC1CC(NC(=O)OC)CN(CC)C1. The lowest BCUT2D eigenvalue weighted by molar-refractivity contribution is -0.144. The number of rotatable bonds is 5. The maximum Gasteiger partial charge on any atom is 0.407 e. The van der Waals surface area contributed by atoms with Gasteiger partial charge in [-0.3, -0.25) is 4.79 Å². The van der Waals surface area contributed by atoms with Crippen LogP contribution in [0.5, 0.6) is 0 Å². The molecular weight excluding hydrogens is 248 g/mol. The van der Waals surface area contributed by atoms with Crippen LogP contribution >= 0.6 is 0 Å². The summed E-state index contributed by atoms with van der Waals surface area (Å²) in [6, 6.07) is 0.0283. The van der Waals surface area contributed by atoms with Gasteiger partial charge in [-0.15, -0.1) is 0 Å². The van der Waals surface area contributed by atoms with E-state index >= 15 is 0 Å². The van der Waals surface area contributed by atoms with Crippen molar-refractivity contribution in [1.82, 2.24) is 10.2 Å². The van der Waals surface area contributed by atoms with Gasteiger partial charge in [-0.2, -0.15) is 0 Å². The molecule has 2 unspecified atom stereocenters. The van der Waals surface area contributed by atoms with E-state index in [1.807, 2.05) is 0 Å². The number of likely N-dealkylation sites (N-methyl/N-ethyl adjacent to an activating group) is 1. The number of carbonyl (C=O) groups excluding carboxylic acids is 2. The van der Waals surface area contributed by atoms with Gasteiger partial charge in [0.15, 0.2) is 0 Å². The Balaban J connectivity index is 2.52. The molecule has 1 aliphatic rings. The first kappa shape index (κ1) is 15.8. The van der Waals surface area contributed by atoms with E-state index in [0.717, 1.165) is 26.1 Å². The number of nitrogens with one attached hydrogen (secondary N) is 1. The minimum atomic E-state index is -0.419. The fourth-order valence-corrected chi connectivity index (χ4v) is 2.49. The molecule has 6 nitrogen and oxygen atoms in total. The second kappa shape index (κ2) is 7.99. The minimum Gasteiger partial charge on any atom is -0.466 e. The Morgan fingerprint density at radius 1 is 1.32 bits per heavy atom. The molecule has 1 saturated heterocycles. The molecule has 0 spiro atoms. The third kappa shape index (κ3) is 5.46. The monoisotopic (exact) mass is 272 g/mol. The summed E-state index contributed by atoms with van der Waals surface area (Å²) in [5.74, 6) is 0.0529. The molecule has 1 fully saturated rings. The number of alkyl carbamates (subject to hydrolysis) is 1. The van der Waals surface area contributed by atoms with Crippen LogP contribution in [0.4, 0.5) is 4.79 Å². The number of hydrogen-bond donors (Lipinski definition) is 1. The smallest absolute Gasteiger partial charge is 0.407 e. The standard InChI is InChI=1S/C13H24N2O4/c1-4-15-8-10(7-12(16)19-5-2)6-11(9-15)14-13(17)18-3/h10-11H,4-9H2,1-3H3,(H,14,17). The summed E-state index contributed by atoms with van der Waals surface area (Å²) in [6.45, 7) is 6.85. The number of hydrogen-bond acceptors (Lipinski definition) is 5. The molecule has 0 saturated carbocycles. The highest BCUT2D eigenvalue weighted by Gasteiger charge is 2.29. The van der Waals surface area contributed by atoms with E-state index in [4.69, 9.17) is 4.74 Å². The molecular formula is C13H24N2O4. The van der Waals surface area contributed by atoms with Gasteiger partial charge in [-0.1, -0.05) is 6.92 Å². The predicted molar refractivity (Wildman–Crippen MR) is 70.8 cm³/mol. The number of piperidine rings is 1. The topological polar surface area (TPSA) is 67.9 Å². The van der Waals surface area contributed by atoms with Gasteiger partial charge >= 0.3 is 12.1 Å². The van der Waals surface area contributed by atoms with E-state index in [1.165, 1.54) is 7.11 Å². The predicted octanol–water partition coefficient (Wildman–Crippen LogP) is 1.01. The summed E-state index contributed by atoms with van der Waals surface area (Å²) < 4.78 is 9.60. The molecule has 19 heavy (non-hydrogen) atoms. The van der Waals surface area contributed by atoms with Crippen LogP contribution in [-0.2, 0) is 14.3 Å². The summed E-state index contributed by atoms with van der Waals surface area (Å²) in [5.41, 5.74) is 0. The Morgan fingerprint density at radius 2 is 2.05 bits per heavy atom. The van der Waals surface area contributed by atoms with E-state index in [2.05, 4.69) is 21.9 Å². The lowest BCUT2D eigenvalue weighted by Gasteiger charge is -2.36. The van der Waals surface area contributed by atoms with Crippen LogP contribution in [0.3, 0.4) is 0 Å². The summed E-state index contributed by atoms with van der Waals surface area (Å²) >= 11 is 0.